The van der Waals surface area contributed by atoms with E-state index in [1.807, 2.05) is 6.07 Å². The van der Waals surface area contributed by atoms with Crippen LogP contribution in [0, 0.1) is 0 Å². The van der Waals surface area contributed by atoms with Crippen molar-refractivity contribution in [3.05, 3.63) is 71.7 Å². The maximum Gasteiger partial charge on any atom is 0.290 e. The lowest BCUT2D eigenvalue weighted by molar-refractivity contribution is -0.129. The topological polar surface area (TPSA) is 86.9 Å². The molecule has 2 aromatic heterocycles. The highest BCUT2D eigenvalue weighted by Gasteiger charge is 2.42. The molecule has 1 atom stereocenters. The molecule has 1 fully saturated rings. The lowest BCUT2D eigenvalue weighted by Crippen LogP contribution is -2.40. The predicted molar refractivity (Wildman–Crippen MR) is 111 cm³/mol. The van der Waals surface area contributed by atoms with E-state index in [0.717, 1.165) is 25.9 Å². The molecule has 0 spiro atoms. The number of pyridine rings is 1. The van der Waals surface area contributed by atoms with Crippen LogP contribution >= 0.6 is 0 Å². The first-order chi connectivity index (χ1) is 14.6. The number of aliphatic hydroxyl groups is 1. The van der Waals surface area contributed by atoms with Gasteiger partial charge in [0, 0.05) is 25.5 Å². The largest absolute Gasteiger partial charge is 0.503 e. The molecule has 0 aromatic carbocycles. The molecule has 0 radical (unpaired) electrons. The molecule has 2 aliphatic rings. The first-order valence-electron chi connectivity index (χ1n) is 10.3. The third-order valence-corrected chi connectivity index (χ3v) is 5.62. The minimum atomic E-state index is -0.662. The van der Waals surface area contributed by atoms with Crippen LogP contribution in [0.4, 0.5) is 0 Å². The maximum atomic E-state index is 13.0. The van der Waals surface area contributed by atoms with Crippen molar-refractivity contribution in [2.24, 2.45) is 0 Å². The number of aliphatic hydroxyl groups excluding tert-OH is 1. The van der Waals surface area contributed by atoms with Gasteiger partial charge in [-0.05, 0) is 61.8 Å². The average Bonchev–Trinajstić information content (AvgIpc) is 3.39. The number of likely N-dealkylation sites (tertiary alicyclic amines) is 1. The molecule has 0 saturated carbocycles. The van der Waals surface area contributed by atoms with E-state index in [4.69, 9.17) is 4.42 Å². The Morgan fingerprint density at radius 3 is 2.73 bits per heavy atom. The first-order valence-corrected chi connectivity index (χ1v) is 10.3. The van der Waals surface area contributed by atoms with E-state index in [1.54, 1.807) is 35.5 Å². The molecule has 156 valence electrons. The Hall–Kier alpha value is -3.19. The molecule has 30 heavy (non-hydrogen) atoms. The van der Waals surface area contributed by atoms with E-state index in [-0.39, 0.29) is 5.57 Å². The molecular formula is C23H25N3O4. The minimum absolute atomic E-state index is 0.0782. The lowest BCUT2D eigenvalue weighted by atomic mass is 9.97. The number of ketones is 1. The highest BCUT2D eigenvalue weighted by molar-refractivity contribution is 6.14. The third-order valence-electron chi connectivity index (χ3n) is 5.62. The van der Waals surface area contributed by atoms with Crippen molar-refractivity contribution in [2.45, 2.75) is 25.3 Å². The summed E-state index contributed by atoms with van der Waals surface area (Å²) in [6.07, 6.45) is 11.2. The highest BCUT2D eigenvalue weighted by atomic mass is 16.3. The van der Waals surface area contributed by atoms with Gasteiger partial charge in [0.1, 0.15) is 5.76 Å². The van der Waals surface area contributed by atoms with E-state index < -0.39 is 23.5 Å². The Kier molecular flexibility index (Phi) is 6.09. The molecule has 1 saturated heterocycles. The number of carbonyl (C=O) groups excluding carboxylic acids is 2. The Morgan fingerprint density at radius 2 is 2.03 bits per heavy atom. The fraction of sp³-hybridized carbons (Fsp3) is 0.348. The molecule has 4 rings (SSSR count). The molecule has 2 aromatic rings. The second-order valence-corrected chi connectivity index (χ2v) is 7.57. The number of rotatable bonds is 7. The van der Waals surface area contributed by atoms with Gasteiger partial charge in [-0.25, -0.2) is 0 Å². The Bertz CT molecular complexity index is 944. The Morgan fingerprint density at radius 1 is 1.20 bits per heavy atom. The normalized spacial score (nSPS) is 20.5. The second kappa shape index (κ2) is 9.09. The summed E-state index contributed by atoms with van der Waals surface area (Å²) < 4.78 is 5.22. The SMILES string of the molecule is O=C(/C=C/c1ccco1)C1=C(O)C(=O)N(CCN2CCCCC2)C1c1cccnc1. The zero-order valence-electron chi connectivity index (χ0n) is 16.7. The fourth-order valence-corrected chi connectivity index (χ4v) is 4.09. The van der Waals surface area contributed by atoms with E-state index in [9.17, 15) is 14.7 Å². The van der Waals surface area contributed by atoms with Crippen molar-refractivity contribution in [1.82, 2.24) is 14.8 Å². The molecule has 1 unspecified atom stereocenters. The predicted octanol–water partition coefficient (Wildman–Crippen LogP) is 3.14. The molecule has 0 bridgehead atoms. The number of amides is 1. The summed E-state index contributed by atoms with van der Waals surface area (Å²) in [7, 11) is 0. The average molecular weight is 407 g/mol. The van der Waals surface area contributed by atoms with E-state index in [0.29, 0.717) is 24.4 Å². The quantitative estimate of drug-likeness (QED) is 0.710. The fourth-order valence-electron chi connectivity index (χ4n) is 4.09. The summed E-state index contributed by atoms with van der Waals surface area (Å²) >= 11 is 0. The number of hydrogen-bond acceptors (Lipinski definition) is 6. The number of allylic oxidation sites excluding steroid dienone is 1. The van der Waals surface area contributed by atoms with E-state index in [2.05, 4.69) is 9.88 Å². The van der Waals surface area contributed by atoms with E-state index >= 15 is 0 Å². The first kappa shape index (κ1) is 20.1. The monoisotopic (exact) mass is 407 g/mol. The number of nitrogens with zero attached hydrogens (tertiary/aromatic N) is 3. The van der Waals surface area contributed by atoms with Crippen molar-refractivity contribution >= 4 is 17.8 Å². The summed E-state index contributed by atoms with van der Waals surface area (Å²) in [5.74, 6) is -0.911. The molecule has 1 N–H and O–H groups in total. The van der Waals surface area contributed by atoms with Crippen LogP contribution < -0.4 is 0 Å². The van der Waals surface area contributed by atoms with Crippen molar-refractivity contribution in [3.8, 4) is 0 Å². The molecule has 2 aliphatic heterocycles. The van der Waals surface area contributed by atoms with Gasteiger partial charge < -0.3 is 19.3 Å². The molecule has 1 amide bonds. The van der Waals surface area contributed by atoms with Crippen LogP contribution in [0.1, 0.15) is 36.6 Å². The van der Waals surface area contributed by atoms with Gasteiger partial charge in [0.05, 0.1) is 17.9 Å². The van der Waals surface area contributed by atoms with Crippen LogP contribution in [0.25, 0.3) is 6.08 Å². The van der Waals surface area contributed by atoms with Crippen molar-refractivity contribution < 1.29 is 19.1 Å². The Labute approximate surface area is 175 Å². The summed E-state index contributed by atoms with van der Waals surface area (Å²) in [5, 5.41) is 10.6. The maximum absolute atomic E-state index is 13.0. The lowest BCUT2D eigenvalue weighted by Gasteiger charge is -2.31. The third kappa shape index (κ3) is 4.21. The van der Waals surface area contributed by atoms with Crippen LogP contribution in [0.2, 0.25) is 0 Å². The highest BCUT2D eigenvalue weighted by Crippen LogP contribution is 2.37. The second-order valence-electron chi connectivity index (χ2n) is 7.57. The summed E-state index contributed by atoms with van der Waals surface area (Å²) in [6.45, 7) is 3.16. The number of furan rings is 1. The zero-order chi connectivity index (χ0) is 20.9. The standard InChI is InChI=1S/C23H25N3O4/c27-19(9-8-18-7-5-15-30-18)20-21(17-6-4-10-24-16-17)26(23(29)22(20)28)14-13-25-11-2-1-3-12-25/h4-10,15-16,21,28H,1-3,11-14H2/b9-8+. The Balaban J connectivity index is 1.59. The number of carbonyl (C=O) groups is 2. The zero-order valence-corrected chi connectivity index (χ0v) is 16.7. The van der Waals surface area contributed by atoms with Gasteiger partial charge in [-0.2, -0.15) is 0 Å². The molecule has 7 heteroatoms. The molecule has 4 heterocycles. The summed E-state index contributed by atoms with van der Waals surface area (Å²) in [4.78, 5) is 33.9. The molecule has 7 nitrogen and oxygen atoms in total. The molecular weight excluding hydrogens is 382 g/mol. The van der Waals surface area contributed by atoms with Gasteiger partial charge in [0.25, 0.3) is 5.91 Å². The van der Waals surface area contributed by atoms with Crippen LogP contribution in [-0.2, 0) is 9.59 Å². The van der Waals surface area contributed by atoms with Crippen LogP contribution in [0.15, 0.2) is 64.7 Å². The van der Waals surface area contributed by atoms with Gasteiger partial charge in [0.2, 0.25) is 0 Å². The van der Waals surface area contributed by atoms with Gasteiger partial charge in [-0.15, -0.1) is 0 Å². The van der Waals surface area contributed by atoms with Gasteiger partial charge in [-0.1, -0.05) is 12.5 Å². The van der Waals surface area contributed by atoms with Crippen molar-refractivity contribution in [2.75, 3.05) is 26.2 Å². The number of hydrogen-bond donors (Lipinski definition) is 1. The summed E-state index contributed by atoms with van der Waals surface area (Å²) in [6, 6.07) is 6.37. The van der Waals surface area contributed by atoms with Crippen LogP contribution in [0.5, 0.6) is 0 Å². The van der Waals surface area contributed by atoms with Crippen LogP contribution in [0.3, 0.4) is 0 Å². The van der Waals surface area contributed by atoms with Gasteiger partial charge >= 0.3 is 0 Å². The van der Waals surface area contributed by atoms with Gasteiger partial charge in [0.15, 0.2) is 11.5 Å². The number of aromatic nitrogens is 1. The van der Waals surface area contributed by atoms with Crippen molar-refractivity contribution in [1.29, 1.82) is 0 Å². The van der Waals surface area contributed by atoms with Crippen LogP contribution in [-0.4, -0.2) is 57.8 Å². The summed E-state index contributed by atoms with van der Waals surface area (Å²) in [5.41, 5.74) is 0.776. The number of piperidine rings is 1. The van der Waals surface area contributed by atoms with Crippen molar-refractivity contribution in [3.63, 3.8) is 0 Å². The smallest absolute Gasteiger partial charge is 0.290 e. The van der Waals surface area contributed by atoms with E-state index in [1.165, 1.54) is 24.8 Å². The van der Waals surface area contributed by atoms with Gasteiger partial charge in [-0.3, -0.25) is 14.6 Å². The molecule has 0 aliphatic carbocycles. The minimum Gasteiger partial charge on any atom is -0.503 e.